The molecule has 0 spiro atoms. The van der Waals surface area contributed by atoms with Gasteiger partial charge in [-0.15, -0.1) is 0 Å². The van der Waals surface area contributed by atoms with E-state index in [1.54, 1.807) is 0 Å². The Morgan fingerprint density at radius 3 is 2.00 bits per heavy atom. The monoisotopic (exact) mass is 240 g/mol. The van der Waals surface area contributed by atoms with Crippen LogP contribution >= 0.6 is 0 Å². The predicted octanol–water partition coefficient (Wildman–Crippen LogP) is 1.83. The van der Waals surface area contributed by atoms with E-state index in [1.165, 1.54) is 45.4 Å². The Morgan fingerprint density at radius 2 is 1.41 bits per heavy atom. The summed E-state index contributed by atoms with van der Waals surface area (Å²) in [6.07, 6.45) is 4.05. The molecule has 2 aliphatic rings. The van der Waals surface area contributed by atoms with Crippen LogP contribution in [0.2, 0.25) is 0 Å². The van der Waals surface area contributed by atoms with Crippen LogP contribution in [0, 0.1) is 5.41 Å². The molecule has 0 radical (unpaired) electrons. The predicted molar refractivity (Wildman–Crippen MR) is 71.3 cm³/mol. The van der Waals surface area contributed by atoms with Gasteiger partial charge in [-0.05, 0) is 50.9 Å². The van der Waals surface area contributed by atoms with Crippen molar-refractivity contribution in [2.24, 2.45) is 5.41 Å². The summed E-state index contributed by atoms with van der Waals surface area (Å²) >= 11 is 0. The molecule has 0 aromatic rings. The first-order valence-electron chi connectivity index (χ1n) is 7.18. The van der Waals surface area contributed by atoms with Gasteiger partial charge in [0.1, 0.15) is 0 Å². The molecule has 2 rings (SSSR count). The van der Waals surface area contributed by atoms with E-state index in [-0.39, 0.29) is 0 Å². The first-order chi connectivity index (χ1) is 8.16. The Labute approximate surface area is 106 Å². The van der Waals surface area contributed by atoms with Crippen LogP contribution in [0.4, 0.5) is 0 Å². The lowest BCUT2D eigenvalue weighted by Crippen LogP contribution is -2.40. The van der Waals surface area contributed by atoms with Gasteiger partial charge in [-0.3, -0.25) is 4.90 Å². The van der Waals surface area contributed by atoms with E-state index in [1.807, 2.05) is 0 Å². The van der Waals surface area contributed by atoms with E-state index in [0.29, 0.717) is 5.41 Å². The average molecular weight is 240 g/mol. The number of piperidine rings is 1. The van der Waals surface area contributed by atoms with E-state index in [9.17, 15) is 0 Å². The molecule has 2 saturated heterocycles. The molecule has 0 atom stereocenters. The zero-order valence-electron chi connectivity index (χ0n) is 11.6. The largest absolute Gasteiger partial charge is 0.379 e. The first kappa shape index (κ1) is 13.3. The molecule has 2 heterocycles. The first-order valence-corrected chi connectivity index (χ1v) is 7.18. The van der Waals surface area contributed by atoms with Crippen LogP contribution in [0.1, 0.15) is 33.1 Å². The summed E-state index contributed by atoms with van der Waals surface area (Å²) in [5, 5.41) is 0. The van der Waals surface area contributed by atoms with Crippen LogP contribution in [0.3, 0.4) is 0 Å². The third kappa shape index (κ3) is 4.57. The van der Waals surface area contributed by atoms with Crippen molar-refractivity contribution < 1.29 is 4.74 Å². The van der Waals surface area contributed by atoms with Gasteiger partial charge in [-0.25, -0.2) is 0 Å². The van der Waals surface area contributed by atoms with Crippen LogP contribution in [0.5, 0.6) is 0 Å². The summed E-state index contributed by atoms with van der Waals surface area (Å²) in [5.41, 5.74) is 0.584. The lowest BCUT2D eigenvalue weighted by Gasteiger charge is -2.37. The van der Waals surface area contributed by atoms with Gasteiger partial charge < -0.3 is 9.64 Å². The van der Waals surface area contributed by atoms with Gasteiger partial charge in [0, 0.05) is 13.1 Å². The summed E-state index contributed by atoms with van der Waals surface area (Å²) in [6.45, 7) is 14.1. The zero-order valence-corrected chi connectivity index (χ0v) is 11.6. The molecular formula is C14H28N2O. The number of hydrogen-bond acceptors (Lipinski definition) is 3. The normalized spacial score (nSPS) is 27.2. The van der Waals surface area contributed by atoms with Crippen molar-refractivity contribution in [2.75, 3.05) is 52.5 Å². The molecule has 0 saturated carbocycles. The Balaban J connectivity index is 1.56. The fourth-order valence-corrected chi connectivity index (χ4v) is 2.72. The number of ether oxygens (including phenoxy) is 1. The molecule has 100 valence electrons. The molecule has 0 bridgehead atoms. The number of hydrogen-bond donors (Lipinski definition) is 0. The number of nitrogens with zero attached hydrogens (tertiary/aromatic N) is 2. The number of morpholine rings is 1. The van der Waals surface area contributed by atoms with Gasteiger partial charge in [0.25, 0.3) is 0 Å². The smallest absolute Gasteiger partial charge is 0.0594 e. The Morgan fingerprint density at radius 1 is 0.882 bits per heavy atom. The van der Waals surface area contributed by atoms with Gasteiger partial charge in [0.2, 0.25) is 0 Å². The number of likely N-dealkylation sites (tertiary alicyclic amines) is 1. The van der Waals surface area contributed by atoms with Gasteiger partial charge in [-0.2, -0.15) is 0 Å². The highest BCUT2D eigenvalue weighted by molar-refractivity contribution is 4.78. The second-order valence-electron chi connectivity index (χ2n) is 6.31. The van der Waals surface area contributed by atoms with E-state index in [2.05, 4.69) is 23.6 Å². The fourth-order valence-electron chi connectivity index (χ4n) is 2.72. The molecule has 0 amide bonds. The summed E-state index contributed by atoms with van der Waals surface area (Å²) in [5.74, 6) is 0. The third-order valence-corrected chi connectivity index (χ3v) is 4.26. The highest BCUT2D eigenvalue weighted by Gasteiger charge is 2.24. The van der Waals surface area contributed by atoms with Crippen LogP contribution in [-0.2, 0) is 4.74 Å². The van der Waals surface area contributed by atoms with E-state index >= 15 is 0 Å². The third-order valence-electron chi connectivity index (χ3n) is 4.26. The molecule has 0 N–H and O–H groups in total. The maximum Gasteiger partial charge on any atom is 0.0594 e. The van der Waals surface area contributed by atoms with Gasteiger partial charge >= 0.3 is 0 Å². The lowest BCUT2D eigenvalue weighted by molar-refractivity contribution is 0.0349. The standard InChI is InChI=1S/C14H28N2O/c1-14(2)4-8-15(9-5-14)6-3-7-16-10-12-17-13-11-16/h3-13H2,1-2H3. The van der Waals surface area contributed by atoms with E-state index in [4.69, 9.17) is 4.74 Å². The van der Waals surface area contributed by atoms with E-state index in [0.717, 1.165) is 26.3 Å². The van der Waals surface area contributed by atoms with Crippen molar-refractivity contribution >= 4 is 0 Å². The Hall–Kier alpha value is -0.120. The van der Waals surface area contributed by atoms with Crippen molar-refractivity contribution in [3.05, 3.63) is 0 Å². The average Bonchev–Trinajstić information content (AvgIpc) is 2.33. The van der Waals surface area contributed by atoms with Crippen molar-refractivity contribution in [1.29, 1.82) is 0 Å². The van der Waals surface area contributed by atoms with E-state index < -0.39 is 0 Å². The molecule has 2 aliphatic heterocycles. The highest BCUT2D eigenvalue weighted by atomic mass is 16.5. The maximum absolute atomic E-state index is 5.37. The van der Waals surface area contributed by atoms with Crippen molar-refractivity contribution in [2.45, 2.75) is 33.1 Å². The molecule has 0 aliphatic carbocycles. The Kier molecular flexibility index (Phi) is 4.83. The van der Waals surface area contributed by atoms with Gasteiger partial charge in [-0.1, -0.05) is 13.8 Å². The minimum Gasteiger partial charge on any atom is -0.379 e. The topological polar surface area (TPSA) is 15.7 Å². The molecule has 3 heteroatoms. The van der Waals surface area contributed by atoms with Crippen molar-refractivity contribution in [3.63, 3.8) is 0 Å². The van der Waals surface area contributed by atoms with Gasteiger partial charge in [0.05, 0.1) is 13.2 Å². The maximum atomic E-state index is 5.37. The molecule has 2 fully saturated rings. The SMILES string of the molecule is CC1(C)CCN(CCCN2CCOCC2)CC1. The second-order valence-corrected chi connectivity index (χ2v) is 6.31. The van der Waals surface area contributed by atoms with Crippen LogP contribution in [0.25, 0.3) is 0 Å². The molecule has 17 heavy (non-hydrogen) atoms. The molecular weight excluding hydrogens is 212 g/mol. The summed E-state index contributed by atoms with van der Waals surface area (Å²) in [4.78, 5) is 5.18. The highest BCUT2D eigenvalue weighted by Crippen LogP contribution is 2.29. The summed E-state index contributed by atoms with van der Waals surface area (Å²) in [6, 6.07) is 0. The number of rotatable bonds is 4. The van der Waals surface area contributed by atoms with Crippen LogP contribution in [-0.4, -0.2) is 62.3 Å². The molecule has 0 aromatic heterocycles. The van der Waals surface area contributed by atoms with Gasteiger partial charge in [0.15, 0.2) is 0 Å². The summed E-state index contributed by atoms with van der Waals surface area (Å²) < 4.78 is 5.37. The molecule has 3 nitrogen and oxygen atoms in total. The quantitative estimate of drug-likeness (QED) is 0.745. The summed E-state index contributed by atoms with van der Waals surface area (Å²) in [7, 11) is 0. The lowest BCUT2D eigenvalue weighted by atomic mass is 9.83. The zero-order chi connectivity index (χ0) is 12.1. The fraction of sp³-hybridized carbons (Fsp3) is 1.00. The molecule has 0 unspecified atom stereocenters. The Bertz CT molecular complexity index is 214. The van der Waals surface area contributed by atoms with Crippen molar-refractivity contribution in [1.82, 2.24) is 9.80 Å². The van der Waals surface area contributed by atoms with Crippen LogP contribution in [0.15, 0.2) is 0 Å². The molecule has 0 aromatic carbocycles. The van der Waals surface area contributed by atoms with Crippen LogP contribution < -0.4 is 0 Å². The minimum atomic E-state index is 0.584. The minimum absolute atomic E-state index is 0.584. The second kappa shape index (κ2) is 6.17. The van der Waals surface area contributed by atoms with Crippen molar-refractivity contribution in [3.8, 4) is 0 Å².